The number of fused-ring (bicyclic) bond motifs is 1. The van der Waals surface area contributed by atoms with Crippen LogP contribution in [0.25, 0.3) is 0 Å². The van der Waals surface area contributed by atoms with Gasteiger partial charge in [-0.05, 0) is 6.92 Å². The van der Waals surface area contributed by atoms with E-state index in [1.165, 1.54) is 31.0 Å². The lowest BCUT2D eigenvalue weighted by atomic mass is 10.0. The van der Waals surface area contributed by atoms with Crippen LogP contribution in [0, 0.1) is 0 Å². The molecule has 2 unspecified atom stereocenters. The van der Waals surface area contributed by atoms with Crippen molar-refractivity contribution in [3.8, 4) is 0 Å². The number of carboxylic acid groups (broad SMARTS) is 2. The van der Waals surface area contributed by atoms with Crippen LogP contribution in [-0.2, 0) is 33.5 Å². The zero-order valence-corrected chi connectivity index (χ0v) is 19.3. The quantitative estimate of drug-likeness (QED) is 0.139. The average Bonchev–Trinajstić information content (AvgIpc) is 3.20. The number of carboxylic acids is 2. The molecule has 0 spiro atoms. The number of hydrogen-bond donors (Lipinski definition) is 4. The number of aliphatic carboxylic acids is 2. The van der Waals surface area contributed by atoms with Crippen LogP contribution in [-0.4, -0.2) is 85.4 Å². The number of nitrogens with one attached hydrogen (secondary N) is 1. The molecule has 1 saturated heterocycles. The first kappa shape index (κ1) is 25.0. The van der Waals surface area contributed by atoms with Gasteiger partial charge in [0.2, 0.25) is 6.10 Å². The van der Waals surface area contributed by atoms with Gasteiger partial charge in [-0.15, -0.1) is 23.1 Å². The second-order valence-corrected chi connectivity index (χ2v) is 8.99. The summed E-state index contributed by atoms with van der Waals surface area (Å²) >= 11 is 2.18. The molecule has 0 aromatic carbocycles. The third kappa shape index (κ3) is 5.12. The summed E-state index contributed by atoms with van der Waals surface area (Å²) in [5.41, 5.74) is 5.14. The van der Waals surface area contributed by atoms with Crippen molar-refractivity contribution < 1.29 is 43.8 Å². The van der Waals surface area contributed by atoms with Crippen molar-refractivity contribution >= 4 is 63.7 Å². The molecule has 34 heavy (non-hydrogen) atoms. The number of anilines is 1. The SMILES string of the molecule is CC(=O)OCC1=C(C(=O)O)N2C(=O)C(NC(=O)/C(=N\OC(C)C(=O)O)c3csc(N)n3)[C@@H]2SC1. The van der Waals surface area contributed by atoms with Gasteiger partial charge in [-0.2, -0.15) is 0 Å². The molecule has 0 saturated carbocycles. The van der Waals surface area contributed by atoms with Gasteiger partial charge in [0.15, 0.2) is 10.8 Å². The van der Waals surface area contributed by atoms with E-state index in [2.05, 4.69) is 15.5 Å². The maximum absolute atomic E-state index is 12.9. The van der Waals surface area contributed by atoms with Crippen LogP contribution >= 0.6 is 23.1 Å². The minimum absolute atomic E-state index is 0.00676. The second-order valence-electron chi connectivity index (χ2n) is 7.00. The Hall–Kier alpha value is -3.66. The Labute approximate surface area is 199 Å². The molecule has 0 bridgehead atoms. The topological polar surface area (TPSA) is 211 Å². The van der Waals surface area contributed by atoms with E-state index in [1.807, 2.05) is 0 Å². The second kappa shape index (κ2) is 10.1. The monoisotopic (exact) mass is 513 g/mol. The first-order chi connectivity index (χ1) is 16.0. The number of oxime groups is 1. The molecule has 1 aromatic rings. The van der Waals surface area contributed by atoms with Crippen LogP contribution in [0.2, 0.25) is 0 Å². The van der Waals surface area contributed by atoms with E-state index in [9.17, 15) is 29.1 Å². The van der Waals surface area contributed by atoms with Crippen molar-refractivity contribution in [3.63, 3.8) is 0 Å². The van der Waals surface area contributed by atoms with Crippen molar-refractivity contribution in [1.29, 1.82) is 0 Å². The van der Waals surface area contributed by atoms with Gasteiger partial charge in [0, 0.05) is 23.6 Å². The first-order valence-electron chi connectivity index (χ1n) is 9.53. The van der Waals surface area contributed by atoms with Gasteiger partial charge in [-0.3, -0.25) is 19.3 Å². The molecule has 14 nitrogen and oxygen atoms in total. The molecular weight excluding hydrogens is 494 g/mol. The van der Waals surface area contributed by atoms with Crippen LogP contribution in [0.3, 0.4) is 0 Å². The number of carbonyl (C=O) groups is 5. The number of aromatic nitrogens is 1. The molecule has 2 aliphatic rings. The third-order valence-corrected chi connectivity index (χ3v) is 6.63. The summed E-state index contributed by atoms with van der Waals surface area (Å²) in [6.45, 7) is 2.10. The number of ether oxygens (including phenoxy) is 1. The van der Waals surface area contributed by atoms with Gasteiger partial charge in [0.05, 0.1) is 0 Å². The lowest BCUT2D eigenvalue weighted by Gasteiger charge is -2.49. The van der Waals surface area contributed by atoms with Crippen LogP contribution in [0.4, 0.5) is 5.13 Å². The third-order valence-electron chi connectivity index (χ3n) is 4.62. The molecule has 3 heterocycles. The highest BCUT2D eigenvalue weighted by atomic mass is 32.2. The normalized spacial score (nSPS) is 20.7. The lowest BCUT2D eigenvalue weighted by molar-refractivity contribution is -0.150. The van der Waals surface area contributed by atoms with Crippen LogP contribution in [0.15, 0.2) is 21.8 Å². The first-order valence-corrected chi connectivity index (χ1v) is 11.5. The van der Waals surface area contributed by atoms with Crippen molar-refractivity contribution in [2.45, 2.75) is 31.4 Å². The zero-order valence-electron chi connectivity index (χ0n) is 17.7. The Morgan fingerprint density at radius 1 is 1.38 bits per heavy atom. The number of thioether (sulfide) groups is 1. The molecule has 1 fully saturated rings. The van der Waals surface area contributed by atoms with Gasteiger partial charge >= 0.3 is 17.9 Å². The molecular formula is C18H19N5O9S2. The van der Waals surface area contributed by atoms with E-state index in [-0.39, 0.29) is 34.5 Å². The van der Waals surface area contributed by atoms with E-state index >= 15 is 0 Å². The largest absolute Gasteiger partial charge is 0.478 e. The molecule has 5 N–H and O–H groups in total. The minimum atomic E-state index is -1.37. The number of thiazole rings is 1. The van der Waals surface area contributed by atoms with E-state index in [0.717, 1.165) is 16.2 Å². The lowest BCUT2D eigenvalue weighted by Crippen LogP contribution is -2.71. The van der Waals surface area contributed by atoms with E-state index in [4.69, 9.17) is 20.4 Å². The summed E-state index contributed by atoms with van der Waals surface area (Å²) in [5, 5.41) is 25.4. The fourth-order valence-corrected chi connectivity index (χ4v) is 4.85. The van der Waals surface area contributed by atoms with E-state index in [1.54, 1.807) is 0 Å². The van der Waals surface area contributed by atoms with Crippen molar-refractivity contribution in [3.05, 3.63) is 22.3 Å². The number of hydrogen-bond acceptors (Lipinski definition) is 12. The number of nitrogens with two attached hydrogens (primary N) is 1. The Morgan fingerprint density at radius 2 is 2.09 bits per heavy atom. The van der Waals surface area contributed by atoms with Gasteiger partial charge in [-0.1, -0.05) is 5.16 Å². The van der Waals surface area contributed by atoms with E-state index < -0.39 is 53.0 Å². The minimum Gasteiger partial charge on any atom is -0.478 e. The zero-order chi connectivity index (χ0) is 25.2. The number of nitrogen functional groups attached to an aromatic ring is 1. The molecule has 0 radical (unpaired) electrons. The number of amides is 2. The molecule has 1 aromatic heterocycles. The smallest absolute Gasteiger partial charge is 0.352 e. The van der Waals surface area contributed by atoms with E-state index in [0.29, 0.717) is 0 Å². The highest BCUT2D eigenvalue weighted by molar-refractivity contribution is 8.00. The fraction of sp³-hybridized carbons (Fsp3) is 0.389. The molecule has 2 amide bonds. The average molecular weight is 514 g/mol. The standard InChI is InChI=1S/C18H19N5O9S2/c1-6(16(27)28)32-22-10(9-5-34-18(19)20-9)13(25)21-11-14(26)23-12(17(29)30)8(3-31-7(2)24)4-33-15(11)23/h5-6,11,15H,3-4H2,1-2H3,(H2,19,20)(H,21,25)(H,27,28)(H,29,30)/b22-10-/t6?,11?,15-/m0/s1. The Morgan fingerprint density at radius 3 is 2.65 bits per heavy atom. The number of carbonyl (C=O) groups excluding carboxylic acids is 3. The Balaban J connectivity index is 1.80. The molecule has 16 heteroatoms. The van der Waals surface area contributed by atoms with Crippen molar-refractivity contribution in [2.75, 3.05) is 18.1 Å². The molecule has 0 aliphatic carbocycles. The highest BCUT2D eigenvalue weighted by Crippen LogP contribution is 2.40. The van der Waals surface area contributed by atoms with Crippen LogP contribution < -0.4 is 11.1 Å². The maximum Gasteiger partial charge on any atom is 0.352 e. The fourth-order valence-electron chi connectivity index (χ4n) is 2.97. The summed E-state index contributed by atoms with van der Waals surface area (Å²) in [6, 6.07) is -1.10. The number of rotatable bonds is 9. The number of nitrogens with zero attached hydrogens (tertiary/aromatic N) is 3. The molecule has 182 valence electrons. The molecule has 3 atom stereocenters. The van der Waals surface area contributed by atoms with Crippen molar-refractivity contribution in [2.24, 2.45) is 5.16 Å². The summed E-state index contributed by atoms with van der Waals surface area (Å²) in [4.78, 5) is 69.3. The highest BCUT2D eigenvalue weighted by Gasteiger charge is 2.54. The number of β-lactam (4-membered cyclic amide) rings is 1. The predicted molar refractivity (Wildman–Crippen MR) is 118 cm³/mol. The van der Waals surface area contributed by atoms with Gasteiger partial charge < -0.3 is 30.8 Å². The van der Waals surface area contributed by atoms with Gasteiger partial charge in [0.1, 0.15) is 29.4 Å². The van der Waals surface area contributed by atoms with Crippen LogP contribution in [0.1, 0.15) is 19.5 Å². The van der Waals surface area contributed by atoms with Crippen LogP contribution in [0.5, 0.6) is 0 Å². The molecule has 2 aliphatic heterocycles. The molecule has 3 rings (SSSR count). The summed E-state index contributed by atoms with van der Waals surface area (Å²) in [6.07, 6.45) is -1.37. The summed E-state index contributed by atoms with van der Waals surface area (Å²) in [5.74, 6) is -4.73. The predicted octanol–water partition coefficient (Wildman–Crippen LogP) is -0.779. The van der Waals surface area contributed by atoms with Crippen molar-refractivity contribution in [1.82, 2.24) is 15.2 Å². The Kier molecular flexibility index (Phi) is 7.41. The summed E-state index contributed by atoms with van der Waals surface area (Å²) in [7, 11) is 0. The summed E-state index contributed by atoms with van der Waals surface area (Å²) < 4.78 is 4.87. The Bertz CT molecular complexity index is 1120. The van der Waals surface area contributed by atoms with Gasteiger partial charge in [0.25, 0.3) is 11.8 Å². The maximum atomic E-state index is 12.9. The number of esters is 1. The van der Waals surface area contributed by atoms with Gasteiger partial charge in [-0.25, -0.2) is 14.6 Å².